The predicted octanol–water partition coefficient (Wildman–Crippen LogP) is 1.42. The van der Waals surface area contributed by atoms with Gasteiger partial charge in [0, 0.05) is 30.9 Å². The standard InChI is InChI=1S/C12H14N4O2/c17-12(11-6-13-8-18-11)16-5-1-2-9(7-16)10-3-4-14-15-10/h3-4,6,8-9H,1-2,5,7H2,(H,14,15)/t9-/m0/s1. The summed E-state index contributed by atoms with van der Waals surface area (Å²) < 4.78 is 5.05. The Morgan fingerprint density at radius 3 is 3.22 bits per heavy atom. The van der Waals surface area contributed by atoms with Gasteiger partial charge < -0.3 is 9.32 Å². The second-order valence-electron chi connectivity index (χ2n) is 4.47. The molecular formula is C12H14N4O2. The van der Waals surface area contributed by atoms with Gasteiger partial charge in [-0.3, -0.25) is 9.89 Å². The maximum absolute atomic E-state index is 12.1. The second-order valence-corrected chi connectivity index (χ2v) is 4.47. The first kappa shape index (κ1) is 11.0. The molecule has 0 aromatic carbocycles. The highest BCUT2D eigenvalue weighted by atomic mass is 16.3. The molecular weight excluding hydrogens is 232 g/mol. The number of aromatic amines is 1. The molecule has 1 aliphatic heterocycles. The molecule has 0 radical (unpaired) electrons. The molecule has 94 valence electrons. The van der Waals surface area contributed by atoms with Crippen molar-refractivity contribution in [2.75, 3.05) is 13.1 Å². The van der Waals surface area contributed by atoms with E-state index in [0.717, 1.165) is 25.1 Å². The monoisotopic (exact) mass is 246 g/mol. The minimum Gasteiger partial charge on any atom is -0.438 e. The van der Waals surface area contributed by atoms with Gasteiger partial charge in [-0.1, -0.05) is 0 Å². The number of carbonyl (C=O) groups excluding carboxylic acids is 1. The lowest BCUT2D eigenvalue weighted by Crippen LogP contribution is -2.39. The van der Waals surface area contributed by atoms with Gasteiger partial charge in [0.2, 0.25) is 5.76 Å². The molecule has 2 aromatic heterocycles. The molecule has 0 unspecified atom stereocenters. The number of H-pyrrole nitrogens is 1. The van der Waals surface area contributed by atoms with E-state index in [9.17, 15) is 4.79 Å². The fourth-order valence-corrected chi connectivity index (χ4v) is 2.39. The highest BCUT2D eigenvalue weighted by Gasteiger charge is 2.27. The van der Waals surface area contributed by atoms with E-state index >= 15 is 0 Å². The van der Waals surface area contributed by atoms with Crippen molar-refractivity contribution in [2.24, 2.45) is 0 Å². The third kappa shape index (κ3) is 2.01. The number of rotatable bonds is 2. The van der Waals surface area contributed by atoms with Crippen molar-refractivity contribution in [3.05, 3.63) is 36.3 Å². The number of likely N-dealkylation sites (tertiary alicyclic amines) is 1. The minimum atomic E-state index is -0.0864. The molecule has 0 spiro atoms. The molecule has 6 nitrogen and oxygen atoms in total. The lowest BCUT2D eigenvalue weighted by atomic mass is 9.95. The van der Waals surface area contributed by atoms with Crippen LogP contribution in [-0.4, -0.2) is 39.1 Å². The Hall–Kier alpha value is -2.11. The van der Waals surface area contributed by atoms with E-state index in [1.54, 1.807) is 6.20 Å². The molecule has 1 aliphatic rings. The van der Waals surface area contributed by atoms with E-state index in [2.05, 4.69) is 15.2 Å². The largest absolute Gasteiger partial charge is 0.438 e. The van der Waals surface area contributed by atoms with Crippen molar-refractivity contribution in [2.45, 2.75) is 18.8 Å². The van der Waals surface area contributed by atoms with Crippen LogP contribution in [0.2, 0.25) is 0 Å². The average Bonchev–Trinajstić information content (AvgIpc) is 3.11. The van der Waals surface area contributed by atoms with Gasteiger partial charge in [-0.25, -0.2) is 4.98 Å². The Kier molecular flexibility index (Phi) is 2.84. The summed E-state index contributed by atoms with van der Waals surface area (Å²) in [6.45, 7) is 1.46. The Morgan fingerprint density at radius 2 is 2.50 bits per heavy atom. The highest BCUT2D eigenvalue weighted by molar-refractivity contribution is 5.91. The molecule has 1 atom stereocenters. The number of amides is 1. The number of aromatic nitrogens is 3. The predicted molar refractivity (Wildman–Crippen MR) is 63.0 cm³/mol. The van der Waals surface area contributed by atoms with Gasteiger partial charge in [-0.2, -0.15) is 5.10 Å². The number of nitrogens with zero attached hydrogens (tertiary/aromatic N) is 3. The number of carbonyl (C=O) groups is 1. The quantitative estimate of drug-likeness (QED) is 0.869. The van der Waals surface area contributed by atoms with E-state index in [1.165, 1.54) is 12.6 Å². The molecule has 1 amide bonds. The van der Waals surface area contributed by atoms with Gasteiger partial charge in [0.1, 0.15) is 0 Å². The van der Waals surface area contributed by atoms with Crippen LogP contribution in [0.3, 0.4) is 0 Å². The van der Waals surface area contributed by atoms with Crippen LogP contribution in [-0.2, 0) is 0 Å². The summed E-state index contributed by atoms with van der Waals surface area (Å²) in [4.78, 5) is 17.7. The Bertz CT molecular complexity index is 506. The third-order valence-corrected chi connectivity index (χ3v) is 3.31. The molecule has 1 fully saturated rings. The van der Waals surface area contributed by atoms with Gasteiger partial charge in [-0.15, -0.1) is 0 Å². The van der Waals surface area contributed by atoms with Crippen LogP contribution in [0.25, 0.3) is 0 Å². The summed E-state index contributed by atoms with van der Waals surface area (Å²) in [5.74, 6) is 0.546. The highest BCUT2D eigenvalue weighted by Crippen LogP contribution is 2.26. The molecule has 0 saturated carbocycles. The molecule has 3 rings (SSSR count). The van der Waals surface area contributed by atoms with Gasteiger partial charge in [0.05, 0.1) is 6.20 Å². The Balaban J connectivity index is 1.73. The molecule has 2 aromatic rings. The summed E-state index contributed by atoms with van der Waals surface area (Å²) >= 11 is 0. The molecule has 18 heavy (non-hydrogen) atoms. The second kappa shape index (κ2) is 4.64. The van der Waals surface area contributed by atoms with Gasteiger partial charge in [-0.05, 0) is 18.9 Å². The van der Waals surface area contributed by atoms with E-state index in [0.29, 0.717) is 18.2 Å². The normalized spacial score (nSPS) is 20.0. The number of piperidine rings is 1. The summed E-state index contributed by atoms with van der Waals surface area (Å²) in [5.41, 5.74) is 1.09. The summed E-state index contributed by atoms with van der Waals surface area (Å²) in [7, 11) is 0. The van der Waals surface area contributed by atoms with Crippen molar-refractivity contribution < 1.29 is 9.21 Å². The molecule has 1 N–H and O–H groups in total. The first-order valence-corrected chi connectivity index (χ1v) is 6.01. The summed E-state index contributed by atoms with van der Waals surface area (Å²) in [5, 5.41) is 6.94. The summed E-state index contributed by atoms with van der Waals surface area (Å²) in [6, 6.07) is 1.97. The van der Waals surface area contributed by atoms with Gasteiger partial charge in [0.25, 0.3) is 5.91 Å². The zero-order valence-corrected chi connectivity index (χ0v) is 9.87. The molecule has 0 bridgehead atoms. The van der Waals surface area contributed by atoms with Crippen LogP contribution in [0.15, 0.2) is 29.3 Å². The smallest absolute Gasteiger partial charge is 0.291 e. The average molecular weight is 246 g/mol. The van der Waals surface area contributed by atoms with E-state index in [-0.39, 0.29) is 5.91 Å². The lowest BCUT2D eigenvalue weighted by molar-refractivity contribution is 0.0673. The summed E-state index contributed by atoms with van der Waals surface area (Å²) in [6.07, 6.45) is 6.55. The molecule has 0 aliphatic carbocycles. The minimum absolute atomic E-state index is 0.0864. The third-order valence-electron chi connectivity index (χ3n) is 3.31. The number of oxazole rings is 1. The van der Waals surface area contributed by atoms with Crippen molar-refractivity contribution in [3.63, 3.8) is 0 Å². The van der Waals surface area contributed by atoms with Crippen LogP contribution in [0.4, 0.5) is 0 Å². The van der Waals surface area contributed by atoms with Crippen LogP contribution in [0, 0.1) is 0 Å². The molecule has 1 saturated heterocycles. The molecule has 6 heteroatoms. The van der Waals surface area contributed by atoms with Crippen LogP contribution < -0.4 is 0 Å². The van der Waals surface area contributed by atoms with E-state index in [4.69, 9.17) is 4.42 Å². The number of nitrogens with one attached hydrogen (secondary N) is 1. The first-order chi connectivity index (χ1) is 8.84. The van der Waals surface area contributed by atoms with Crippen LogP contribution in [0.5, 0.6) is 0 Å². The van der Waals surface area contributed by atoms with E-state index < -0.39 is 0 Å². The van der Waals surface area contributed by atoms with Crippen LogP contribution >= 0.6 is 0 Å². The maximum atomic E-state index is 12.1. The van der Waals surface area contributed by atoms with Crippen LogP contribution in [0.1, 0.15) is 35.0 Å². The lowest BCUT2D eigenvalue weighted by Gasteiger charge is -2.31. The fourth-order valence-electron chi connectivity index (χ4n) is 2.39. The van der Waals surface area contributed by atoms with Crippen molar-refractivity contribution in [1.29, 1.82) is 0 Å². The Morgan fingerprint density at radius 1 is 1.56 bits per heavy atom. The number of hydrogen-bond donors (Lipinski definition) is 1. The van der Waals surface area contributed by atoms with Crippen molar-refractivity contribution >= 4 is 5.91 Å². The SMILES string of the molecule is O=C(c1cnco1)N1CCC[C@H](c2ccn[nH]2)C1. The van der Waals surface area contributed by atoms with Crippen molar-refractivity contribution in [1.82, 2.24) is 20.1 Å². The van der Waals surface area contributed by atoms with E-state index in [1.807, 2.05) is 11.0 Å². The zero-order valence-electron chi connectivity index (χ0n) is 9.87. The van der Waals surface area contributed by atoms with Crippen molar-refractivity contribution in [3.8, 4) is 0 Å². The Labute approximate surface area is 104 Å². The first-order valence-electron chi connectivity index (χ1n) is 6.01. The molecule has 3 heterocycles. The maximum Gasteiger partial charge on any atom is 0.291 e. The van der Waals surface area contributed by atoms with Gasteiger partial charge in [0.15, 0.2) is 6.39 Å². The topological polar surface area (TPSA) is 75.0 Å². The van der Waals surface area contributed by atoms with Gasteiger partial charge >= 0.3 is 0 Å². The number of hydrogen-bond acceptors (Lipinski definition) is 4. The zero-order chi connectivity index (χ0) is 12.4. The fraction of sp³-hybridized carbons (Fsp3) is 0.417.